The zero-order valence-electron chi connectivity index (χ0n) is 11.8. The van der Waals surface area contributed by atoms with Crippen LogP contribution in [-0.4, -0.2) is 23.8 Å². The van der Waals surface area contributed by atoms with Gasteiger partial charge in [-0.25, -0.2) is 4.98 Å². The number of methoxy groups -OCH3 is 2. The van der Waals surface area contributed by atoms with Crippen LogP contribution in [0.1, 0.15) is 5.82 Å². The largest absolute Gasteiger partial charge is 0.493 e. The number of nitrogens with zero attached hydrogens (tertiary/aromatic N) is 2. The third-order valence-electron chi connectivity index (χ3n) is 3.11. The fourth-order valence-corrected chi connectivity index (χ4v) is 2.14. The van der Waals surface area contributed by atoms with E-state index >= 15 is 0 Å². The highest BCUT2D eigenvalue weighted by Crippen LogP contribution is 2.39. The van der Waals surface area contributed by atoms with Gasteiger partial charge in [-0.3, -0.25) is 0 Å². The summed E-state index contributed by atoms with van der Waals surface area (Å²) in [5, 5.41) is 0. The van der Waals surface area contributed by atoms with E-state index in [1.165, 1.54) is 0 Å². The van der Waals surface area contributed by atoms with Crippen molar-refractivity contribution >= 4 is 5.82 Å². The smallest absolute Gasteiger partial charge is 0.170 e. The second-order valence-electron chi connectivity index (χ2n) is 4.22. The topological polar surface area (TPSA) is 62.3 Å². The molecule has 0 radical (unpaired) electrons. The molecule has 0 fully saturated rings. The van der Waals surface area contributed by atoms with Crippen molar-refractivity contribution in [3.8, 4) is 35.1 Å². The second-order valence-corrected chi connectivity index (χ2v) is 4.22. The highest BCUT2D eigenvalue weighted by Gasteiger charge is 2.19. The normalized spacial score (nSPS) is 10.1. The Bertz CT molecular complexity index is 668. The van der Waals surface area contributed by atoms with Gasteiger partial charge in [-0.1, -0.05) is 12.0 Å². The Morgan fingerprint density at radius 3 is 2.70 bits per heavy atom. The van der Waals surface area contributed by atoms with Gasteiger partial charge in [-0.05, 0) is 19.1 Å². The average Bonchev–Trinajstić information content (AvgIpc) is 2.74. The minimum absolute atomic E-state index is 0.386. The van der Waals surface area contributed by atoms with E-state index < -0.39 is 0 Å². The number of imidazole rings is 1. The first-order valence-electron chi connectivity index (χ1n) is 6.11. The van der Waals surface area contributed by atoms with Gasteiger partial charge in [0.05, 0.1) is 20.8 Å². The molecule has 0 aliphatic carbocycles. The van der Waals surface area contributed by atoms with Crippen LogP contribution in [0.4, 0.5) is 5.82 Å². The van der Waals surface area contributed by atoms with E-state index in [1.54, 1.807) is 18.8 Å². The molecule has 0 spiro atoms. The predicted molar refractivity (Wildman–Crippen MR) is 78.7 cm³/mol. The van der Waals surface area contributed by atoms with Crippen molar-refractivity contribution in [2.45, 2.75) is 13.5 Å². The van der Waals surface area contributed by atoms with Crippen LogP contribution in [0.25, 0.3) is 11.3 Å². The van der Waals surface area contributed by atoms with Gasteiger partial charge < -0.3 is 19.8 Å². The molecule has 0 bridgehead atoms. The monoisotopic (exact) mass is 271 g/mol. The molecule has 0 aliphatic rings. The number of aromatic nitrogens is 2. The van der Waals surface area contributed by atoms with Crippen molar-refractivity contribution in [3.63, 3.8) is 0 Å². The zero-order chi connectivity index (χ0) is 14.7. The molecule has 2 rings (SSSR count). The van der Waals surface area contributed by atoms with E-state index in [-0.39, 0.29) is 0 Å². The second kappa shape index (κ2) is 5.57. The summed E-state index contributed by atoms with van der Waals surface area (Å²) in [7, 11) is 3.18. The first-order chi connectivity index (χ1) is 9.63. The maximum atomic E-state index is 6.15. The van der Waals surface area contributed by atoms with Gasteiger partial charge in [0, 0.05) is 5.56 Å². The number of terminal acetylenes is 1. The molecule has 0 unspecified atom stereocenters. The lowest BCUT2D eigenvalue weighted by Gasteiger charge is -2.11. The molecule has 1 aromatic heterocycles. The van der Waals surface area contributed by atoms with Crippen LogP contribution in [0, 0.1) is 19.3 Å². The Morgan fingerprint density at radius 1 is 1.35 bits per heavy atom. The molecule has 104 valence electrons. The average molecular weight is 271 g/mol. The standard InChI is InChI=1S/C15H17N3O2/c1-5-9-18-10(2)17-13(15(18)16)11-7-6-8-12(19-3)14(11)20-4/h1,6-8H,9,16H2,2-4H3. The van der Waals surface area contributed by atoms with Gasteiger partial charge >= 0.3 is 0 Å². The minimum atomic E-state index is 0.386. The van der Waals surface area contributed by atoms with Gasteiger partial charge in [-0.2, -0.15) is 0 Å². The number of nitrogen functional groups attached to an aromatic ring is 1. The fourth-order valence-electron chi connectivity index (χ4n) is 2.14. The Labute approximate surface area is 118 Å². The molecule has 0 amide bonds. The van der Waals surface area contributed by atoms with Crippen molar-refractivity contribution < 1.29 is 9.47 Å². The Morgan fingerprint density at radius 2 is 2.10 bits per heavy atom. The summed E-state index contributed by atoms with van der Waals surface area (Å²) < 4.78 is 12.5. The van der Waals surface area contributed by atoms with Crippen molar-refractivity contribution in [1.82, 2.24) is 9.55 Å². The summed E-state index contributed by atoms with van der Waals surface area (Å²) in [6.07, 6.45) is 5.35. The maximum absolute atomic E-state index is 6.15. The van der Waals surface area contributed by atoms with Crippen LogP contribution in [0.5, 0.6) is 11.5 Å². The first kappa shape index (κ1) is 13.8. The summed E-state index contributed by atoms with van der Waals surface area (Å²) >= 11 is 0. The van der Waals surface area contributed by atoms with E-state index in [4.69, 9.17) is 21.6 Å². The molecule has 20 heavy (non-hydrogen) atoms. The highest BCUT2D eigenvalue weighted by atomic mass is 16.5. The number of aryl methyl sites for hydroxylation is 1. The molecule has 0 aliphatic heterocycles. The zero-order valence-corrected chi connectivity index (χ0v) is 11.8. The SMILES string of the molecule is C#CCn1c(C)nc(-c2cccc(OC)c2OC)c1N. The van der Waals surface area contributed by atoms with E-state index in [2.05, 4.69) is 10.9 Å². The summed E-state index contributed by atoms with van der Waals surface area (Å²) in [6, 6.07) is 5.58. The van der Waals surface area contributed by atoms with Crippen LogP contribution in [0.15, 0.2) is 18.2 Å². The molecule has 1 heterocycles. The summed E-state index contributed by atoms with van der Waals surface area (Å²) in [4.78, 5) is 4.49. The van der Waals surface area contributed by atoms with Gasteiger partial charge in [0.1, 0.15) is 17.3 Å². The Balaban J connectivity index is 2.64. The van der Waals surface area contributed by atoms with Crippen LogP contribution in [0.3, 0.4) is 0 Å². The van der Waals surface area contributed by atoms with Crippen LogP contribution < -0.4 is 15.2 Å². The molecule has 0 atom stereocenters. The van der Waals surface area contributed by atoms with Crippen molar-refractivity contribution in [2.24, 2.45) is 0 Å². The number of hydrogen-bond donors (Lipinski definition) is 1. The fraction of sp³-hybridized carbons (Fsp3) is 0.267. The number of nitrogens with two attached hydrogens (primary N) is 1. The lowest BCUT2D eigenvalue weighted by atomic mass is 10.1. The molecular formula is C15H17N3O2. The van der Waals surface area contributed by atoms with Crippen LogP contribution in [0.2, 0.25) is 0 Å². The summed E-state index contributed by atoms with van der Waals surface area (Å²) in [5.74, 6) is 5.09. The molecule has 2 N–H and O–H groups in total. The number of ether oxygens (including phenoxy) is 2. The van der Waals surface area contributed by atoms with Crippen molar-refractivity contribution in [3.05, 3.63) is 24.0 Å². The number of rotatable bonds is 4. The van der Waals surface area contributed by atoms with Crippen molar-refractivity contribution in [1.29, 1.82) is 0 Å². The lowest BCUT2D eigenvalue weighted by molar-refractivity contribution is 0.356. The maximum Gasteiger partial charge on any atom is 0.170 e. The molecule has 2 aromatic rings. The van der Waals surface area contributed by atoms with Gasteiger partial charge in [-0.15, -0.1) is 6.42 Å². The minimum Gasteiger partial charge on any atom is -0.493 e. The highest BCUT2D eigenvalue weighted by molar-refractivity contribution is 5.78. The molecule has 5 heteroatoms. The van der Waals surface area contributed by atoms with Gasteiger partial charge in [0.15, 0.2) is 11.5 Å². The van der Waals surface area contributed by atoms with Crippen molar-refractivity contribution in [2.75, 3.05) is 20.0 Å². The van der Waals surface area contributed by atoms with E-state index in [9.17, 15) is 0 Å². The summed E-state index contributed by atoms with van der Waals surface area (Å²) in [5.41, 5.74) is 7.57. The number of para-hydroxylation sites is 1. The quantitative estimate of drug-likeness (QED) is 0.865. The van der Waals surface area contributed by atoms with E-state index in [0.717, 1.165) is 11.4 Å². The van der Waals surface area contributed by atoms with E-state index in [1.807, 2.05) is 25.1 Å². The Hall–Kier alpha value is -2.61. The Kier molecular flexibility index (Phi) is 3.85. The molecule has 1 aromatic carbocycles. The van der Waals surface area contributed by atoms with Gasteiger partial charge in [0.2, 0.25) is 0 Å². The number of hydrogen-bond acceptors (Lipinski definition) is 4. The number of benzene rings is 1. The molecule has 5 nitrogen and oxygen atoms in total. The predicted octanol–water partition coefficient (Wildman–Crippen LogP) is 2.09. The van der Waals surface area contributed by atoms with Gasteiger partial charge in [0.25, 0.3) is 0 Å². The molecular weight excluding hydrogens is 254 g/mol. The third-order valence-corrected chi connectivity index (χ3v) is 3.11. The van der Waals surface area contributed by atoms with E-state index in [0.29, 0.717) is 29.6 Å². The third kappa shape index (κ3) is 2.16. The van der Waals surface area contributed by atoms with Crippen LogP contribution in [-0.2, 0) is 6.54 Å². The van der Waals surface area contributed by atoms with Crippen LogP contribution >= 0.6 is 0 Å². The first-order valence-corrected chi connectivity index (χ1v) is 6.11. The summed E-state index contributed by atoms with van der Waals surface area (Å²) in [6.45, 7) is 2.25. The lowest BCUT2D eigenvalue weighted by Crippen LogP contribution is -2.03. The molecule has 0 saturated heterocycles. The number of anilines is 1. The molecule has 0 saturated carbocycles.